The van der Waals surface area contributed by atoms with E-state index < -0.39 is 0 Å². The molecule has 0 fully saturated rings. The van der Waals surface area contributed by atoms with Crippen LogP contribution in [0.25, 0.3) is 0 Å². The SMILES string of the molecule is CC(C)CCCCC1=CN=NC1CC(C)C. The number of hydrogen-bond donors (Lipinski definition) is 0. The Hall–Kier alpha value is -0.660. The quantitative estimate of drug-likeness (QED) is 0.543. The number of unbranched alkanes of at least 4 members (excludes halogenated alkanes) is 1. The molecular weight excluding hydrogens is 196 g/mol. The number of rotatable bonds is 7. The Balaban J connectivity index is 2.21. The second-order valence-electron chi connectivity index (χ2n) is 5.72. The van der Waals surface area contributed by atoms with Crippen LogP contribution in [0.1, 0.15) is 59.8 Å². The zero-order chi connectivity index (χ0) is 12.0. The van der Waals surface area contributed by atoms with Crippen molar-refractivity contribution in [3.8, 4) is 0 Å². The summed E-state index contributed by atoms with van der Waals surface area (Å²) in [4.78, 5) is 0. The van der Waals surface area contributed by atoms with Crippen LogP contribution in [0, 0.1) is 11.8 Å². The van der Waals surface area contributed by atoms with Crippen LogP contribution in [-0.4, -0.2) is 6.04 Å². The van der Waals surface area contributed by atoms with E-state index in [1.807, 2.05) is 6.20 Å². The molecule has 1 unspecified atom stereocenters. The van der Waals surface area contributed by atoms with Crippen molar-refractivity contribution in [2.45, 2.75) is 65.8 Å². The fraction of sp³-hybridized carbons (Fsp3) is 0.857. The average molecular weight is 222 g/mol. The van der Waals surface area contributed by atoms with E-state index in [1.54, 1.807) is 0 Å². The summed E-state index contributed by atoms with van der Waals surface area (Å²) in [5.74, 6) is 1.54. The van der Waals surface area contributed by atoms with Crippen molar-refractivity contribution in [3.05, 3.63) is 11.8 Å². The molecule has 16 heavy (non-hydrogen) atoms. The zero-order valence-corrected chi connectivity index (χ0v) is 11.2. The monoisotopic (exact) mass is 222 g/mol. The molecule has 2 heteroatoms. The van der Waals surface area contributed by atoms with E-state index in [0.717, 1.165) is 12.3 Å². The third-order valence-corrected chi connectivity index (χ3v) is 3.05. The summed E-state index contributed by atoms with van der Waals surface area (Å²) >= 11 is 0. The van der Waals surface area contributed by atoms with Gasteiger partial charge in [0, 0.05) is 0 Å². The summed E-state index contributed by atoms with van der Waals surface area (Å²) in [6, 6.07) is 0.388. The van der Waals surface area contributed by atoms with Crippen LogP contribution in [0.15, 0.2) is 22.0 Å². The highest BCUT2D eigenvalue weighted by Crippen LogP contribution is 2.26. The molecule has 1 rings (SSSR count). The molecule has 0 aromatic rings. The molecular formula is C14H26N2. The largest absolute Gasteiger partial charge is 0.181 e. The summed E-state index contributed by atoms with van der Waals surface area (Å²) in [5.41, 5.74) is 1.46. The molecule has 0 amide bonds. The second-order valence-corrected chi connectivity index (χ2v) is 5.72. The van der Waals surface area contributed by atoms with Gasteiger partial charge in [0.15, 0.2) is 0 Å². The predicted molar refractivity (Wildman–Crippen MR) is 69.5 cm³/mol. The van der Waals surface area contributed by atoms with E-state index in [2.05, 4.69) is 37.9 Å². The lowest BCUT2D eigenvalue weighted by Crippen LogP contribution is -2.09. The highest BCUT2D eigenvalue weighted by molar-refractivity contribution is 5.13. The van der Waals surface area contributed by atoms with Crippen molar-refractivity contribution in [1.29, 1.82) is 0 Å². The van der Waals surface area contributed by atoms with Crippen LogP contribution >= 0.6 is 0 Å². The fourth-order valence-electron chi connectivity index (χ4n) is 2.11. The maximum absolute atomic E-state index is 4.30. The van der Waals surface area contributed by atoms with Gasteiger partial charge in [0.2, 0.25) is 0 Å². The van der Waals surface area contributed by atoms with Gasteiger partial charge in [-0.3, -0.25) is 0 Å². The molecule has 2 nitrogen and oxygen atoms in total. The van der Waals surface area contributed by atoms with Gasteiger partial charge in [0.25, 0.3) is 0 Å². The molecule has 0 radical (unpaired) electrons. The lowest BCUT2D eigenvalue weighted by atomic mass is 9.94. The second kappa shape index (κ2) is 6.82. The lowest BCUT2D eigenvalue weighted by molar-refractivity contribution is 0.505. The van der Waals surface area contributed by atoms with Crippen LogP contribution in [0.5, 0.6) is 0 Å². The molecule has 0 aromatic carbocycles. The van der Waals surface area contributed by atoms with Crippen LogP contribution in [0.3, 0.4) is 0 Å². The van der Waals surface area contributed by atoms with Gasteiger partial charge >= 0.3 is 0 Å². The summed E-state index contributed by atoms with van der Waals surface area (Å²) in [6.45, 7) is 9.09. The van der Waals surface area contributed by atoms with Gasteiger partial charge in [0.05, 0.1) is 12.2 Å². The standard InChI is InChI=1S/C14H26N2/c1-11(2)7-5-6-8-13-10-15-16-14(13)9-12(3)4/h10-12,14H,5-9H2,1-4H3. The van der Waals surface area contributed by atoms with E-state index in [4.69, 9.17) is 0 Å². The molecule has 0 spiro atoms. The summed E-state index contributed by atoms with van der Waals surface area (Å²) in [5, 5.41) is 8.38. The predicted octanol–water partition coefficient (Wildman–Crippen LogP) is 4.97. The van der Waals surface area contributed by atoms with Crippen LogP contribution in [-0.2, 0) is 0 Å². The Morgan fingerprint density at radius 3 is 2.50 bits per heavy atom. The maximum Gasteiger partial charge on any atom is 0.0942 e. The lowest BCUT2D eigenvalue weighted by Gasteiger charge is -2.13. The summed E-state index contributed by atoms with van der Waals surface area (Å²) in [7, 11) is 0. The van der Waals surface area contributed by atoms with Gasteiger partial charge in [-0.05, 0) is 36.7 Å². The van der Waals surface area contributed by atoms with E-state index in [0.29, 0.717) is 12.0 Å². The number of hydrogen-bond acceptors (Lipinski definition) is 2. The van der Waals surface area contributed by atoms with E-state index >= 15 is 0 Å². The Kier molecular flexibility index (Phi) is 5.72. The van der Waals surface area contributed by atoms with Gasteiger partial charge in [0.1, 0.15) is 0 Å². The van der Waals surface area contributed by atoms with Crippen LogP contribution in [0.4, 0.5) is 0 Å². The number of azo groups is 1. The average Bonchev–Trinajstić information content (AvgIpc) is 2.59. The minimum atomic E-state index is 0.388. The van der Waals surface area contributed by atoms with Crippen molar-refractivity contribution in [1.82, 2.24) is 0 Å². The first-order valence-corrected chi connectivity index (χ1v) is 6.68. The maximum atomic E-state index is 4.30. The Labute approximate surface area is 100 Å². The molecule has 1 aliphatic rings. The Morgan fingerprint density at radius 1 is 1.12 bits per heavy atom. The van der Waals surface area contributed by atoms with Gasteiger partial charge < -0.3 is 0 Å². The molecule has 0 N–H and O–H groups in total. The molecule has 1 heterocycles. The third-order valence-electron chi connectivity index (χ3n) is 3.05. The minimum absolute atomic E-state index is 0.388. The van der Waals surface area contributed by atoms with E-state index in [-0.39, 0.29) is 0 Å². The first-order valence-electron chi connectivity index (χ1n) is 6.68. The van der Waals surface area contributed by atoms with E-state index in [9.17, 15) is 0 Å². The highest BCUT2D eigenvalue weighted by atomic mass is 15.1. The minimum Gasteiger partial charge on any atom is -0.181 e. The van der Waals surface area contributed by atoms with Gasteiger partial charge in [-0.1, -0.05) is 40.5 Å². The third kappa shape index (κ3) is 4.91. The Bertz CT molecular complexity index is 251. The van der Waals surface area contributed by atoms with Gasteiger partial charge in [-0.25, -0.2) is 0 Å². The highest BCUT2D eigenvalue weighted by Gasteiger charge is 2.18. The van der Waals surface area contributed by atoms with Crippen molar-refractivity contribution in [2.75, 3.05) is 0 Å². The Morgan fingerprint density at radius 2 is 1.88 bits per heavy atom. The molecule has 0 aromatic heterocycles. The van der Waals surface area contributed by atoms with Crippen LogP contribution < -0.4 is 0 Å². The van der Waals surface area contributed by atoms with Crippen LogP contribution in [0.2, 0.25) is 0 Å². The van der Waals surface area contributed by atoms with Crippen molar-refractivity contribution < 1.29 is 0 Å². The topological polar surface area (TPSA) is 24.7 Å². The fourth-order valence-corrected chi connectivity index (χ4v) is 2.11. The molecule has 0 saturated carbocycles. The van der Waals surface area contributed by atoms with Crippen molar-refractivity contribution >= 4 is 0 Å². The summed E-state index contributed by atoms with van der Waals surface area (Å²) in [6.07, 6.45) is 8.31. The summed E-state index contributed by atoms with van der Waals surface area (Å²) < 4.78 is 0. The molecule has 92 valence electrons. The first kappa shape index (κ1) is 13.4. The normalized spacial score (nSPS) is 19.9. The van der Waals surface area contributed by atoms with Gasteiger partial charge in [-0.2, -0.15) is 10.2 Å². The first-order chi connectivity index (χ1) is 7.59. The molecule has 0 bridgehead atoms. The molecule has 1 atom stereocenters. The van der Waals surface area contributed by atoms with Gasteiger partial charge in [-0.15, -0.1) is 0 Å². The molecule has 0 aliphatic carbocycles. The number of nitrogens with zero attached hydrogens (tertiary/aromatic N) is 2. The molecule has 0 saturated heterocycles. The molecule has 1 aliphatic heterocycles. The van der Waals surface area contributed by atoms with Crippen molar-refractivity contribution in [2.24, 2.45) is 22.1 Å². The van der Waals surface area contributed by atoms with E-state index in [1.165, 1.54) is 31.3 Å². The smallest absolute Gasteiger partial charge is 0.0942 e. The zero-order valence-electron chi connectivity index (χ0n) is 11.2. The van der Waals surface area contributed by atoms with Crippen molar-refractivity contribution in [3.63, 3.8) is 0 Å².